The van der Waals surface area contributed by atoms with Crippen LogP contribution in [-0.2, 0) is 11.3 Å². The molecule has 2 N–H and O–H groups in total. The molecule has 0 aliphatic heterocycles. The molecular weight excluding hydrogens is 301 g/mol. The van der Waals surface area contributed by atoms with Crippen LogP contribution in [0.3, 0.4) is 0 Å². The van der Waals surface area contributed by atoms with Crippen molar-refractivity contribution >= 4 is 23.2 Å². The Morgan fingerprint density at radius 3 is 2.65 bits per heavy atom. The first-order valence-corrected chi connectivity index (χ1v) is 7.41. The van der Waals surface area contributed by atoms with Gasteiger partial charge in [0.1, 0.15) is 18.5 Å². The van der Waals surface area contributed by atoms with Crippen molar-refractivity contribution in [2.45, 2.75) is 26.5 Å². The van der Waals surface area contributed by atoms with Crippen LogP contribution in [0.25, 0.3) is 0 Å². The van der Waals surface area contributed by atoms with Gasteiger partial charge in [-0.25, -0.2) is 0 Å². The van der Waals surface area contributed by atoms with Crippen LogP contribution in [0.1, 0.15) is 19.4 Å². The number of aliphatic hydroxyl groups is 1. The van der Waals surface area contributed by atoms with E-state index in [-0.39, 0.29) is 13.2 Å². The van der Waals surface area contributed by atoms with E-state index in [9.17, 15) is 5.11 Å². The van der Waals surface area contributed by atoms with Gasteiger partial charge in [-0.1, -0.05) is 30.1 Å². The molecule has 20 heavy (non-hydrogen) atoms. The summed E-state index contributed by atoms with van der Waals surface area (Å²) in [5.41, 5.74) is 0.868. The van der Waals surface area contributed by atoms with Gasteiger partial charge in [-0.2, -0.15) is 0 Å². The summed E-state index contributed by atoms with van der Waals surface area (Å²) in [4.78, 5) is 0. The maximum atomic E-state index is 9.72. The summed E-state index contributed by atoms with van der Waals surface area (Å²) in [5, 5.41) is 13.9. The zero-order valence-corrected chi connectivity index (χ0v) is 13.3. The van der Waals surface area contributed by atoms with Crippen LogP contribution in [0.4, 0.5) is 0 Å². The van der Waals surface area contributed by atoms with E-state index in [2.05, 4.69) is 5.32 Å². The van der Waals surface area contributed by atoms with Gasteiger partial charge in [0.05, 0.1) is 11.6 Å². The summed E-state index contributed by atoms with van der Waals surface area (Å²) in [5.74, 6) is 0.549. The van der Waals surface area contributed by atoms with E-state index in [1.165, 1.54) is 0 Å². The number of benzene rings is 1. The quantitative estimate of drug-likeness (QED) is 0.734. The number of halogens is 2. The van der Waals surface area contributed by atoms with Crippen molar-refractivity contribution in [1.82, 2.24) is 5.32 Å². The Kier molecular flexibility index (Phi) is 8.26. The average molecular weight is 322 g/mol. The molecule has 0 aliphatic carbocycles. The molecule has 1 aromatic rings. The summed E-state index contributed by atoms with van der Waals surface area (Å²) < 4.78 is 10.7. The fourth-order valence-corrected chi connectivity index (χ4v) is 2.24. The molecule has 0 heterocycles. The van der Waals surface area contributed by atoms with Gasteiger partial charge in [-0.15, -0.1) is 0 Å². The Hall–Kier alpha value is -0.520. The van der Waals surface area contributed by atoms with Crippen molar-refractivity contribution in [3.63, 3.8) is 0 Å². The highest BCUT2D eigenvalue weighted by Gasteiger charge is 2.13. The van der Waals surface area contributed by atoms with E-state index in [1.54, 1.807) is 12.1 Å². The molecule has 0 aliphatic rings. The van der Waals surface area contributed by atoms with Crippen molar-refractivity contribution in [2.24, 2.45) is 0 Å². The Balaban J connectivity index is 2.71. The van der Waals surface area contributed by atoms with Crippen LogP contribution < -0.4 is 10.1 Å². The number of ether oxygens (including phenoxy) is 2. The van der Waals surface area contributed by atoms with E-state index in [4.69, 9.17) is 32.7 Å². The molecule has 0 saturated heterocycles. The summed E-state index contributed by atoms with van der Waals surface area (Å²) in [6, 6.07) is 3.43. The molecule has 6 heteroatoms. The lowest BCUT2D eigenvalue weighted by Gasteiger charge is -2.16. The zero-order chi connectivity index (χ0) is 15.0. The number of nitrogens with one attached hydrogen (secondary N) is 1. The summed E-state index contributed by atoms with van der Waals surface area (Å²) in [7, 11) is 0. The molecule has 0 aromatic heterocycles. The first-order chi connectivity index (χ1) is 9.58. The Morgan fingerprint density at radius 1 is 1.25 bits per heavy atom. The van der Waals surface area contributed by atoms with Crippen LogP contribution in [0, 0.1) is 0 Å². The largest absolute Gasteiger partial charge is 0.489 e. The second kappa shape index (κ2) is 9.42. The van der Waals surface area contributed by atoms with Gasteiger partial charge in [-0.3, -0.25) is 0 Å². The minimum atomic E-state index is -0.686. The topological polar surface area (TPSA) is 50.7 Å². The maximum absolute atomic E-state index is 9.72. The molecule has 114 valence electrons. The van der Waals surface area contributed by atoms with E-state index < -0.39 is 6.10 Å². The molecule has 1 unspecified atom stereocenters. The predicted octanol–water partition coefficient (Wildman–Crippen LogP) is 2.88. The lowest BCUT2D eigenvalue weighted by Crippen LogP contribution is -2.24. The predicted molar refractivity (Wildman–Crippen MR) is 81.8 cm³/mol. The molecule has 0 spiro atoms. The molecule has 0 fully saturated rings. The number of hydrogen-bond donors (Lipinski definition) is 2. The standard InChI is InChI=1S/C14H21Cl2NO3/c1-3-17-7-10-5-11(15)6-13(16)14(10)20-9-12(18)8-19-4-2/h5-6,12,17-18H,3-4,7-9H2,1-2H3. The molecular formula is C14H21Cl2NO3. The van der Waals surface area contributed by atoms with Crippen LogP contribution in [0.5, 0.6) is 5.75 Å². The third-order valence-electron chi connectivity index (χ3n) is 2.59. The monoisotopic (exact) mass is 321 g/mol. The van der Waals surface area contributed by atoms with Gasteiger partial charge >= 0.3 is 0 Å². The fraction of sp³-hybridized carbons (Fsp3) is 0.571. The van der Waals surface area contributed by atoms with E-state index in [1.807, 2.05) is 13.8 Å². The van der Waals surface area contributed by atoms with Crippen LogP contribution in [0.2, 0.25) is 10.0 Å². The molecule has 0 radical (unpaired) electrons. The average Bonchev–Trinajstić information content (AvgIpc) is 2.41. The van der Waals surface area contributed by atoms with Gasteiger partial charge in [-0.05, 0) is 25.6 Å². The van der Waals surface area contributed by atoms with Crippen LogP contribution in [-0.4, -0.2) is 37.6 Å². The second-order valence-corrected chi connectivity index (χ2v) is 5.12. The minimum Gasteiger partial charge on any atom is -0.489 e. The van der Waals surface area contributed by atoms with Crippen molar-refractivity contribution in [2.75, 3.05) is 26.4 Å². The van der Waals surface area contributed by atoms with E-state index in [0.717, 1.165) is 12.1 Å². The highest BCUT2D eigenvalue weighted by molar-refractivity contribution is 6.35. The van der Waals surface area contributed by atoms with Gasteiger partial charge in [0.15, 0.2) is 0 Å². The third kappa shape index (κ3) is 5.85. The molecule has 0 saturated carbocycles. The first-order valence-electron chi connectivity index (χ1n) is 6.65. The summed E-state index contributed by atoms with van der Waals surface area (Å²) in [6.07, 6.45) is -0.686. The SMILES string of the molecule is CCNCc1cc(Cl)cc(Cl)c1OCC(O)COCC. The molecule has 1 atom stereocenters. The van der Waals surface area contributed by atoms with Crippen molar-refractivity contribution in [3.05, 3.63) is 27.7 Å². The minimum absolute atomic E-state index is 0.125. The van der Waals surface area contributed by atoms with E-state index >= 15 is 0 Å². The highest BCUT2D eigenvalue weighted by atomic mass is 35.5. The highest BCUT2D eigenvalue weighted by Crippen LogP contribution is 2.32. The lowest BCUT2D eigenvalue weighted by atomic mass is 10.2. The van der Waals surface area contributed by atoms with Crippen LogP contribution >= 0.6 is 23.2 Å². The number of rotatable bonds is 9. The summed E-state index contributed by atoms with van der Waals surface area (Å²) >= 11 is 12.1. The lowest BCUT2D eigenvalue weighted by molar-refractivity contribution is 0.0162. The van der Waals surface area contributed by atoms with Crippen molar-refractivity contribution in [3.8, 4) is 5.75 Å². The number of aliphatic hydroxyl groups excluding tert-OH is 1. The molecule has 0 amide bonds. The van der Waals surface area contributed by atoms with Gasteiger partial charge in [0.25, 0.3) is 0 Å². The summed E-state index contributed by atoms with van der Waals surface area (Å²) in [6.45, 7) is 6.25. The van der Waals surface area contributed by atoms with Gasteiger partial charge < -0.3 is 19.9 Å². The fourth-order valence-electron chi connectivity index (χ4n) is 1.65. The van der Waals surface area contributed by atoms with E-state index in [0.29, 0.717) is 28.9 Å². The Labute approximate surface area is 130 Å². The smallest absolute Gasteiger partial charge is 0.142 e. The Bertz CT molecular complexity index is 416. The van der Waals surface area contributed by atoms with Crippen LogP contribution in [0.15, 0.2) is 12.1 Å². The third-order valence-corrected chi connectivity index (χ3v) is 3.08. The molecule has 4 nitrogen and oxygen atoms in total. The zero-order valence-electron chi connectivity index (χ0n) is 11.8. The molecule has 1 rings (SSSR count). The maximum Gasteiger partial charge on any atom is 0.142 e. The van der Waals surface area contributed by atoms with Crippen molar-refractivity contribution < 1.29 is 14.6 Å². The molecule has 1 aromatic carbocycles. The van der Waals surface area contributed by atoms with Gasteiger partial charge in [0.2, 0.25) is 0 Å². The second-order valence-electron chi connectivity index (χ2n) is 4.28. The molecule has 0 bridgehead atoms. The number of hydrogen-bond acceptors (Lipinski definition) is 4. The van der Waals surface area contributed by atoms with Gasteiger partial charge in [0, 0.05) is 23.7 Å². The Morgan fingerprint density at radius 2 is 2.00 bits per heavy atom. The first kappa shape index (κ1) is 17.5. The normalized spacial score (nSPS) is 12.4. The van der Waals surface area contributed by atoms with Crippen molar-refractivity contribution in [1.29, 1.82) is 0 Å².